The fraction of sp³-hybridized carbons (Fsp3) is 0.556. The van der Waals surface area contributed by atoms with Gasteiger partial charge < -0.3 is 10.0 Å². The standard InChI is InChI=1S/C9H11ClN2O2S/c1-5(14)6-2-12(3-6)9-11-8(10)7(4-13)15-9/h4-6,14H,2-3H2,1H3. The zero-order valence-electron chi connectivity index (χ0n) is 8.18. The van der Waals surface area contributed by atoms with Gasteiger partial charge >= 0.3 is 0 Å². The number of halogens is 1. The largest absolute Gasteiger partial charge is 0.393 e. The summed E-state index contributed by atoms with van der Waals surface area (Å²) in [6.45, 7) is 3.34. The molecule has 1 atom stereocenters. The van der Waals surface area contributed by atoms with E-state index in [1.54, 1.807) is 6.92 Å². The van der Waals surface area contributed by atoms with E-state index in [-0.39, 0.29) is 11.3 Å². The number of aliphatic hydroxyl groups excluding tert-OH is 1. The van der Waals surface area contributed by atoms with Gasteiger partial charge in [0.2, 0.25) is 0 Å². The first-order chi connectivity index (χ1) is 7.11. The van der Waals surface area contributed by atoms with Crippen LogP contribution in [0.5, 0.6) is 0 Å². The van der Waals surface area contributed by atoms with Gasteiger partial charge in [-0.05, 0) is 6.92 Å². The van der Waals surface area contributed by atoms with E-state index in [9.17, 15) is 9.90 Å². The highest BCUT2D eigenvalue weighted by atomic mass is 35.5. The van der Waals surface area contributed by atoms with Crippen molar-refractivity contribution in [3.8, 4) is 0 Å². The minimum Gasteiger partial charge on any atom is -0.393 e. The van der Waals surface area contributed by atoms with Crippen molar-refractivity contribution < 1.29 is 9.90 Å². The summed E-state index contributed by atoms with van der Waals surface area (Å²) in [6.07, 6.45) is 0.428. The lowest BCUT2D eigenvalue weighted by Gasteiger charge is -2.40. The Kier molecular flexibility index (Phi) is 2.95. The molecule has 1 aliphatic heterocycles. The van der Waals surface area contributed by atoms with Crippen LogP contribution in [0.25, 0.3) is 0 Å². The second-order valence-electron chi connectivity index (χ2n) is 3.68. The van der Waals surface area contributed by atoms with Crippen molar-refractivity contribution in [3.63, 3.8) is 0 Å². The Bertz CT molecular complexity index is 374. The van der Waals surface area contributed by atoms with Crippen molar-refractivity contribution in [2.24, 2.45) is 5.92 Å². The van der Waals surface area contributed by atoms with E-state index in [4.69, 9.17) is 11.6 Å². The maximum Gasteiger partial charge on any atom is 0.187 e. The van der Waals surface area contributed by atoms with Gasteiger partial charge in [-0.1, -0.05) is 22.9 Å². The second kappa shape index (κ2) is 4.08. The Morgan fingerprint density at radius 3 is 2.87 bits per heavy atom. The van der Waals surface area contributed by atoms with E-state index < -0.39 is 0 Å². The number of hydrogen-bond acceptors (Lipinski definition) is 5. The first-order valence-electron chi connectivity index (χ1n) is 4.66. The van der Waals surface area contributed by atoms with Gasteiger partial charge in [0.15, 0.2) is 16.6 Å². The zero-order valence-corrected chi connectivity index (χ0v) is 9.75. The van der Waals surface area contributed by atoms with Crippen LogP contribution in [0.3, 0.4) is 0 Å². The molecule has 1 N–H and O–H groups in total. The summed E-state index contributed by atoms with van der Waals surface area (Å²) in [4.78, 5) is 17.1. The minimum absolute atomic E-state index is 0.269. The van der Waals surface area contributed by atoms with Crippen LogP contribution < -0.4 is 4.90 Å². The summed E-state index contributed by atoms with van der Waals surface area (Å²) in [6, 6.07) is 0. The van der Waals surface area contributed by atoms with E-state index in [2.05, 4.69) is 4.98 Å². The predicted molar refractivity (Wildman–Crippen MR) is 59.9 cm³/mol. The van der Waals surface area contributed by atoms with Gasteiger partial charge in [-0.3, -0.25) is 4.79 Å². The third-order valence-corrected chi connectivity index (χ3v) is 4.01. The molecule has 1 unspecified atom stereocenters. The number of carbonyl (C=O) groups excluding carboxylic acids is 1. The number of carbonyl (C=O) groups is 1. The van der Waals surface area contributed by atoms with Crippen molar-refractivity contribution in [2.75, 3.05) is 18.0 Å². The lowest BCUT2D eigenvalue weighted by atomic mass is 9.96. The molecule has 0 aromatic carbocycles. The maximum atomic E-state index is 10.6. The first-order valence-corrected chi connectivity index (χ1v) is 5.85. The maximum absolute atomic E-state index is 10.6. The number of hydrogen-bond donors (Lipinski definition) is 1. The van der Waals surface area contributed by atoms with Gasteiger partial charge in [-0.25, -0.2) is 4.98 Å². The Morgan fingerprint density at radius 1 is 1.73 bits per heavy atom. The molecule has 1 aromatic heterocycles. The van der Waals surface area contributed by atoms with Gasteiger partial charge in [0.25, 0.3) is 0 Å². The number of nitrogens with zero attached hydrogens (tertiary/aromatic N) is 2. The van der Waals surface area contributed by atoms with E-state index in [0.29, 0.717) is 10.8 Å². The molecular formula is C9H11ClN2O2S. The molecule has 15 heavy (non-hydrogen) atoms. The minimum atomic E-state index is -0.290. The van der Waals surface area contributed by atoms with Crippen molar-refractivity contribution in [3.05, 3.63) is 10.0 Å². The third kappa shape index (κ3) is 2.00. The summed E-state index contributed by atoms with van der Waals surface area (Å²) >= 11 is 7.05. The summed E-state index contributed by atoms with van der Waals surface area (Å²) < 4.78 is 0. The van der Waals surface area contributed by atoms with E-state index in [1.807, 2.05) is 4.90 Å². The van der Waals surface area contributed by atoms with Crippen LogP contribution in [-0.4, -0.2) is 35.6 Å². The summed E-state index contributed by atoms with van der Waals surface area (Å²) in [7, 11) is 0. The number of anilines is 1. The molecule has 6 heteroatoms. The van der Waals surface area contributed by atoms with Crippen LogP contribution in [-0.2, 0) is 0 Å². The average Bonchev–Trinajstić information content (AvgIpc) is 2.43. The van der Waals surface area contributed by atoms with Gasteiger partial charge in [0.1, 0.15) is 4.88 Å². The highest BCUT2D eigenvalue weighted by Crippen LogP contribution is 2.33. The molecule has 2 heterocycles. The van der Waals surface area contributed by atoms with Crippen LogP contribution in [0.2, 0.25) is 5.15 Å². The second-order valence-corrected chi connectivity index (χ2v) is 5.04. The predicted octanol–water partition coefficient (Wildman–Crippen LogP) is 1.43. The smallest absolute Gasteiger partial charge is 0.187 e. The van der Waals surface area contributed by atoms with Crippen molar-refractivity contribution in [2.45, 2.75) is 13.0 Å². The molecule has 0 spiro atoms. The van der Waals surface area contributed by atoms with Gasteiger partial charge in [0, 0.05) is 19.0 Å². The monoisotopic (exact) mass is 246 g/mol. The molecule has 4 nitrogen and oxygen atoms in total. The number of aldehydes is 1. The molecule has 2 rings (SSSR count). The Hall–Kier alpha value is -0.650. The van der Waals surface area contributed by atoms with E-state index >= 15 is 0 Å². The SMILES string of the molecule is CC(O)C1CN(c2nc(Cl)c(C=O)s2)C1. The van der Waals surface area contributed by atoms with Crippen LogP contribution in [0.15, 0.2) is 0 Å². The van der Waals surface area contributed by atoms with Gasteiger partial charge in [-0.2, -0.15) is 0 Å². The fourth-order valence-electron chi connectivity index (χ4n) is 1.48. The summed E-state index contributed by atoms with van der Waals surface area (Å²) in [5, 5.41) is 10.3. The molecule has 1 saturated heterocycles. The highest BCUT2D eigenvalue weighted by molar-refractivity contribution is 7.17. The van der Waals surface area contributed by atoms with Crippen LogP contribution in [0.4, 0.5) is 5.13 Å². The fourth-order valence-corrected chi connectivity index (χ4v) is 2.56. The van der Waals surface area contributed by atoms with E-state index in [0.717, 1.165) is 24.5 Å². The molecule has 0 saturated carbocycles. The quantitative estimate of drug-likeness (QED) is 0.820. The number of aliphatic hydroxyl groups is 1. The van der Waals surface area contributed by atoms with Crippen LogP contribution >= 0.6 is 22.9 Å². The summed E-state index contributed by atoms with van der Waals surface area (Å²) in [5.41, 5.74) is 0. The molecule has 0 radical (unpaired) electrons. The molecule has 0 amide bonds. The van der Waals surface area contributed by atoms with Crippen molar-refractivity contribution >= 4 is 34.4 Å². The van der Waals surface area contributed by atoms with Gasteiger partial charge in [0.05, 0.1) is 6.10 Å². The Balaban J connectivity index is 2.04. The van der Waals surface area contributed by atoms with Crippen molar-refractivity contribution in [1.82, 2.24) is 4.98 Å². The van der Waals surface area contributed by atoms with Crippen molar-refractivity contribution in [1.29, 1.82) is 0 Å². The van der Waals surface area contributed by atoms with Gasteiger partial charge in [-0.15, -0.1) is 0 Å². The average molecular weight is 247 g/mol. The van der Waals surface area contributed by atoms with E-state index in [1.165, 1.54) is 11.3 Å². The number of thiazole rings is 1. The molecule has 1 fully saturated rings. The molecule has 1 aromatic rings. The molecular weight excluding hydrogens is 236 g/mol. The normalized spacial score (nSPS) is 18.7. The Labute approximate surface area is 96.5 Å². The zero-order chi connectivity index (χ0) is 11.0. The number of rotatable bonds is 3. The number of aromatic nitrogens is 1. The first kappa shape index (κ1) is 10.9. The lowest BCUT2D eigenvalue weighted by Crippen LogP contribution is -2.51. The molecule has 1 aliphatic rings. The summed E-state index contributed by atoms with van der Waals surface area (Å²) in [5.74, 6) is 0.298. The molecule has 0 aliphatic carbocycles. The molecule has 82 valence electrons. The lowest BCUT2D eigenvalue weighted by molar-refractivity contribution is 0.107. The van der Waals surface area contributed by atoms with Crippen LogP contribution in [0, 0.1) is 5.92 Å². The third-order valence-electron chi connectivity index (χ3n) is 2.57. The highest BCUT2D eigenvalue weighted by Gasteiger charge is 2.32. The van der Waals surface area contributed by atoms with Crippen LogP contribution in [0.1, 0.15) is 16.6 Å². The Morgan fingerprint density at radius 2 is 2.40 bits per heavy atom. The molecule has 0 bridgehead atoms. The topological polar surface area (TPSA) is 53.4 Å².